The van der Waals surface area contributed by atoms with Gasteiger partial charge in [0, 0.05) is 6.42 Å². The molecule has 0 atom stereocenters. The van der Waals surface area contributed by atoms with Crippen molar-refractivity contribution in [3.8, 4) is 0 Å². The lowest BCUT2D eigenvalue weighted by atomic mass is 10.00. The highest BCUT2D eigenvalue weighted by Crippen LogP contribution is 2.21. The Balaban J connectivity index is 1.95. The van der Waals surface area contributed by atoms with E-state index in [9.17, 15) is 4.79 Å². The van der Waals surface area contributed by atoms with Crippen molar-refractivity contribution < 1.29 is 9.21 Å². The summed E-state index contributed by atoms with van der Waals surface area (Å²) in [7, 11) is 0. The largest absolute Gasteiger partial charge is 0.446 e. The number of fused-ring (bicyclic) bond motifs is 1. The highest BCUT2D eigenvalue weighted by molar-refractivity contribution is 9.10. The molecule has 3 aromatic rings. The van der Waals surface area contributed by atoms with Gasteiger partial charge < -0.3 is 4.42 Å². The minimum absolute atomic E-state index is 0.0120. The Kier molecular flexibility index (Phi) is 3.22. The number of hydrogen-bond donors (Lipinski definition) is 0. The molecule has 94 valence electrons. The molecule has 0 bridgehead atoms. The molecule has 0 aliphatic heterocycles. The first-order chi connectivity index (χ1) is 9.24. The van der Waals surface area contributed by atoms with Gasteiger partial charge in [0.1, 0.15) is 0 Å². The Morgan fingerprint density at radius 1 is 1.00 bits per heavy atom. The number of benzene rings is 2. The standard InChI is InChI=1S/C16H11BrO2/c17-16-9-8-15(19-16)14(18)10-12-6-3-5-11-4-1-2-7-13(11)12/h1-9H,10H2. The first-order valence-corrected chi connectivity index (χ1v) is 6.78. The van der Waals surface area contributed by atoms with Crippen LogP contribution in [0.25, 0.3) is 10.8 Å². The van der Waals surface area contributed by atoms with E-state index < -0.39 is 0 Å². The van der Waals surface area contributed by atoms with Gasteiger partial charge in [0.2, 0.25) is 5.78 Å². The maximum Gasteiger partial charge on any atom is 0.202 e. The number of hydrogen-bond acceptors (Lipinski definition) is 2. The summed E-state index contributed by atoms with van der Waals surface area (Å²) in [6.45, 7) is 0. The minimum Gasteiger partial charge on any atom is -0.446 e. The SMILES string of the molecule is O=C(Cc1cccc2ccccc12)c1ccc(Br)o1. The normalized spacial score (nSPS) is 10.8. The fourth-order valence-corrected chi connectivity index (χ4v) is 2.48. The van der Waals surface area contributed by atoms with Crippen LogP contribution in [0.3, 0.4) is 0 Å². The Labute approximate surface area is 119 Å². The van der Waals surface area contributed by atoms with Crippen molar-refractivity contribution in [2.45, 2.75) is 6.42 Å². The fraction of sp³-hybridized carbons (Fsp3) is 0.0625. The summed E-state index contributed by atoms with van der Waals surface area (Å²) in [6.07, 6.45) is 0.349. The molecular formula is C16H11BrO2. The third-order valence-corrected chi connectivity index (χ3v) is 3.51. The topological polar surface area (TPSA) is 30.2 Å². The molecule has 2 nitrogen and oxygen atoms in total. The van der Waals surface area contributed by atoms with Crippen molar-refractivity contribution in [3.63, 3.8) is 0 Å². The molecule has 0 fully saturated rings. The molecule has 19 heavy (non-hydrogen) atoms. The molecule has 3 rings (SSSR count). The zero-order valence-electron chi connectivity index (χ0n) is 10.1. The Morgan fingerprint density at radius 2 is 1.79 bits per heavy atom. The highest BCUT2D eigenvalue weighted by atomic mass is 79.9. The summed E-state index contributed by atoms with van der Waals surface area (Å²) in [6, 6.07) is 17.5. The molecule has 0 saturated heterocycles. The van der Waals surface area contributed by atoms with Gasteiger partial charge in [0.15, 0.2) is 10.4 Å². The molecule has 0 amide bonds. The second-order valence-corrected chi connectivity index (χ2v) is 5.12. The van der Waals surface area contributed by atoms with Crippen molar-refractivity contribution in [1.29, 1.82) is 0 Å². The number of furan rings is 1. The Bertz CT molecular complexity index is 738. The summed E-state index contributed by atoms with van der Waals surface area (Å²) in [4.78, 5) is 12.2. The molecule has 0 saturated carbocycles. The van der Waals surface area contributed by atoms with Crippen LogP contribution >= 0.6 is 15.9 Å². The fourth-order valence-electron chi connectivity index (χ4n) is 2.17. The van der Waals surface area contributed by atoms with Gasteiger partial charge in [-0.25, -0.2) is 0 Å². The molecule has 1 heterocycles. The van der Waals surface area contributed by atoms with E-state index in [0.29, 0.717) is 16.9 Å². The van der Waals surface area contributed by atoms with Crippen LogP contribution in [0.1, 0.15) is 16.1 Å². The van der Waals surface area contributed by atoms with Crippen molar-refractivity contribution in [2.24, 2.45) is 0 Å². The van der Waals surface area contributed by atoms with Crippen molar-refractivity contribution >= 4 is 32.5 Å². The molecule has 0 unspecified atom stereocenters. The van der Waals surface area contributed by atoms with E-state index in [1.165, 1.54) is 0 Å². The van der Waals surface area contributed by atoms with Crippen LogP contribution in [-0.4, -0.2) is 5.78 Å². The van der Waals surface area contributed by atoms with E-state index in [4.69, 9.17) is 4.42 Å². The van der Waals surface area contributed by atoms with Gasteiger partial charge in [-0.3, -0.25) is 4.79 Å². The van der Waals surface area contributed by atoms with Gasteiger partial charge in [-0.1, -0.05) is 42.5 Å². The van der Waals surface area contributed by atoms with Crippen LogP contribution in [-0.2, 0) is 6.42 Å². The third kappa shape index (κ3) is 2.47. The van der Waals surface area contributed by atoms with Crippen LogP contribution in [0.5, 0.6) is 0 Å². The zero-order valence-corrected chi connectivity index (χ0v) is 11.7. The highest BCUT2D eigenvalue weighted by Gasteiger charge is 2.12. The molecular weight excluding hydrogens is 304 g/mol. The lowest BCUT2D eigenvalue weighted by Gasteiger charge is -2.04. The van der Waals surface area contributed by atoms with Crippen LogP contribution in [0.15, 0.2) is 63.7 Å². The van der Waals surface area contributed by atoms with Gasteiger partial charge in [0.25, 0.3) is 0 Å². The maximum atomic E-state index is 12.2. The molecule has 2 aromatic carbocycles. The summed E-state index contributed by atoms with van der Waals surface area (Å²) >= 11 is 3.21. The van der Waals surface area contributed by atoms with Gasteiger partial charge in [-0.15, -0.1) is 0 Å². The molecule has 0 spiro atoms. The summed E-state index contributed by atoms with van der Waals surface area (Å²) in [5, 5.41) is 2.26. The molecule has 3 heteroatoms. The number of carbonyl (C=O) groups is 1. The monoisotopic (exact) mass is 314 g/mol. The number of carbonyl (C=O) groups excluding carboxylic acids is 1. The van der Waals surface area contributed by atoms with Gasteiger partial charge in [-0.05, 0) is 44.4 Å². The summed E-state index contributed by atoms with van der Waals surface area (Å²) in [5.41, 5.74) is 1.02. The second kappa shape index (κ2) is 5.02. The van der Waals surface area contributed by atoms with Gasteiger partial charge in [-0.2, -0.15) is 0 Å². The van der Waals surface area contributed by atoms with Gasteiger partial charge in [0.05, 0.1) is 0 Å². The van der Waals surface area contributed by atoms with Crippen LogP contribution in [0, 0.1) is 0 Å². The molecule has 0 aliphatic carbocycles. The minimum atomic E-state index is -0.0120. The molecule has 0 radical (unpaired) electrons. The number of ketones is 1. The van der Waals surface area contributed by atoms with Crippen molar-refractivity contribution in [3.05, 3.63) is 70.6 Å². The number of Topliss-reactive ketones (excluding diaryl/α,β-unsaturated/α-hetero) is 1. The van der Waals surface area contributed by atoms with E-state index in [-0.39, 0.29) is 5.78 Å². The summed E-state index contributed by atoms with van der Waals surface area (Å²) in [5.74, 6) is 0.377. The molecule has 0 aliphatic rings. The quantitative estimate of drug-likeness (QED) is 0.660. The van der Waals surface area contributed by atoms with Crippen LogP contribution in [0.4, 0.5) is 0 Å². The van der Waals surface area contributed by atoms with Gasteiger partial charge >= 0.3 is 0 Å². The first kappa shape index (κ1) is 12.2. The smallest absolute Gasteiger partial charge is 0.202 e. The maximum absolute atomic E-state index is 12.2. The number of halogens is 1. The van der Waals surface area contributed by atoms with E-state index in [1.54, 1.807) is 12.1 Å². The Hall–Kier alpha value is -1.87. The molecule has 1 aromatic heterocycles. The lowest BCUT2D eigenvalue weighted by Crippen LogP contribution is -2.02. The Morgan fingerprint density at radius 3 is 2.58 bits per heavy atom. The third-order valence-electron chi connectivity index (χ3n) is 3.08. The van der Waals surface area contributed by atoms with E-state index in [2.05, 4.69) is 15.9 Å². The van der Waals surface area contributed by atoms with Crippen molar-refractivity contribution in [2.75, 3.05) is 0 Å². The first-order valence-electron chi connectivity index (χ1n) is 5.99. The predicted octanol–water partition coefficient (Wildman–Crippen LogP) is 4.62. The van der Waals surface area contributed by atoms with E-state index in [0.717, 1.165) is 16.3 Å². The lowest BCUT2D eigenvalue weighted by molar-refractivity contribution is 0.0965. The van der Waals surface area contributed by atoms with E-state index in [1.807, 2.05) is 42.5 Å². The zero-order chi connectivity index (χ0) is 13.2. The predicted molar refractivity (Wildman–Crippen MR) is 78.4 cm³/mol. The van der Waals surface area contributed by atoms with Crippen LogP contribution < -0.4 is 0 Å². The van der Waals surface area contributed by atoms with Crippen LogP contribution in [0.2, 0.25) is 0 Å². The summed E-state index contributed by atoms with van der Waals surface area (Å²) < 4.78 is 5.87. The molecule has 0 N–H and O–H groups in total. The number of rotatable bonds is 3. The van der Waals surface area contributed by atoms with E-state index >= 15 is 0 Å². The second-order valence-electron chi connectivity index (χ2n) is 4.34. The van der Waals surface area contributed by atoms with Crippen molar-refractivity contribution in [1.82, 2.24) is 0 Å². The average molecular weight is 315 g/mol. The average Bonchev–Trinajstić information content (AvgIpc) is 2.86.